The van der Waals surface area contributed by atoms with Crippen LogP contribution in [0.25, 0.3) is 0 Å². The van der Waals surface area contributed by atoms with E-state index in [1.54, 1.807) is 19.2 Å². The van der Waals surface area contributed by atoms with Gasteiger partial charge in [0.25, 0.3) is 0 Å². The quantitative estimate of drug-likeness (QED) is 0.433. The fourth-order valence-corrected chi connectivity index (χ4v) is 8.15. The van der Waals surface area contributed by atoms with Crippen molar-refractivity contribution in [3.8, 4) is 11.5 Å². The zero-order valence-corrected chi connectivity index (χ0v) is 21.1. The zero-order chi connectivity index (χ0) is 23.4. The molecule has 178 valence electrons. The molecule has 4 aliphatic carbocycles. The monoisotopic (exact) mass is 491 g/mol. The molecule has 33 heavy (non-hydrogen) atoms. The van der Waals surface area contributed by atoms with E-state index in [1.165, 1.54) is 50.7 Å². The maximum absolute atomic E-state index is 13.3. The highest BCUT2D eigenvalue weighted by Gasteiger charge is 2.59. The van der Waals surface area contributed by atoms with E-state index in [9.17, 15) is 4.39 Å². The molecule has 2 atom stereocenters. The SMILES string of the molecule is COc1cc(CNC23CC4CC(C)(CC(C)(C4)C2)C3)c(Cl)cc1OCc1ccc(F)cc1Cl. The molecule has 0 radical (unpaired) electrons. The summed E-state index contributed by atoms with van der Waals surface area (Å²) in [7, 11) is 1.62. The van der Waals surface area contributed by atoms with Gasteiger partial charge in [-0.05, 0) is 79.0 Å². The Morgan fingerprint density at radius 3 is 2.27 bits per heavy atom. The Bertz CT molecular complexity index is 1060. The van der Waals surface area contributed by atoms with Gasteiger partial charge in [0.1, 0.15) is 12.4 Å². The molecule has 0 spiro atoms. The molecule has 0 amide bonds. The van der Waals surface area contributed by atoms with Crippen molar-refractivity contribution in [2.45, 2.75) is 71.1 Å². The van der Waals surface area contributed by atoms with E-state index >= 15 is 0 Å². The lowest BCUT2D eigenvalue weighted by Gasteiger charge is -2.65. The number of benzene rings is 2. The van der Waals surface area contributed by atoms with E-state index in [0.717, 1.165) is 11.5 Å². The number of halogens is 3. The van der Waals surface area contributed by atoms with Crippen molar-refractivity contribution in [1.82, 2.24) is 5.32 Å². The second-order valence-electron chi connectivity index (χ2n) is 11.4. The zero-order valence-electron chi connectivity index (χ0n) is 19.6. The maximum atomic E-state index is 13.3. The van der Waals surface area contributed by atoms with Gasteiger partial charge in [-0.3, -0.25) is 0 Å². The van der Waals surface area contributed by atoms with E-state index in [0.29, 0.717) is 44.5 Å². The van der Waals surface area contributed by atoms with Crippen LogP contribution in [0.1, 0.15) is 63.5 Å². The van der Waals surface area contributed by atoms with Crippen molar-refractivity contribution in [3.05, 3.63) is 57.3 Å². The van der Waals surface area contributed by atoms with Crippen LogP contribution in [0.4, 0.5) is 4.39 Å². The Morgan fingerprint density at radius 1 is 0.939 bits per heavy atom. The number of ether oxygens (including phenoxy) is 2. The lowest BCUT2D eigenvalue weighted by Crippen LogP contribution is -2.63. The van der Waals surface area contributed by atoms with E-state index in [2.05, 4.69) is 19.2 Å². The maximum Gasteiger partial charge on any atom is 0.163 e. The molecule has 2 unspecified atom stereocenters. The predicted molar refractivity (Wildman–Crippen MR) is 131 cm³/mol. The van der Waals surface area contributed by atoms with Crippen LogP contribution >= 0.6 is 23.2 Å². The van der Waals surface area contributed by atoms with Gasteiger partial charge in [0.2, 0.25) is 0 Å². The highest BCUT2D eigenvalue weighted by atomic mass is 35.5. The Morgan fingerprint density at radius 2 is 1.64 bits per heavy atom. The highest BCUT2D eigenvalue weighted by Crippen LogP contribution is 2.66. The normalized spacial score (nSPS) is 32.2. The van der Waals surface area contributed by atoms with Gasteiger partial charge in [0.15, 0.2) is 11.5 Å². The summed E-state index contributed by atoms with van der Waals surface area (Å²) >= 11 is 12.8. The molecule has 3 nitrogen and oxygen atoms in total. The summed E-state index contributed by atoms with van der Waals surface area (Å²) in [6, 6.07) is 8.04. The number of hydrogen-bond donors (Lipinski definition) is 1. The second kappa shape index (κ2) is 8.32. The minimum atomic E-state index is -0.372. The third kappa shape index (κ3) is 4.59. The minimum absolute atomic E-state index is 0.199. The average molecular weight is 492 g/mol. The van der Waals surface area contributed by atoms with Crippen LogP contribution in [0.2, 0.25) is 10.0 Å². The molecular weight excluding hydrogens is 460 g/mol. The summed E-state index contributed by atoms with van der Waals surface area (Å²) in [5, 5.41) is 4.92. The van der Waals surface area contributed by atoms with Crippen molar-refractivity contribution >= 4 is 23.2 Å². The summed E-state index contributed by atoms with van der Waals surface area (Å²) in [6.07, 6.45) is 7.89. The van der Waals surface area contributed by atoms with Gasteiger partial charge in [-0.15, -0.1) is 0 Å². The van der Waals surface area contributed by atoms with Gasteiger partial charge >= 0.3 is 0 Å². The number of methoxy groups -OCH3 is 1. The Labute approximate surface area is 205 Å². The topological polar surface area (TPSA) is 30.5 Å². The van der Waals surface area contributed by atoms with Crippen molar-refractivity contribution in [1.29, 1.82) is 0 Å². The van der Waals surface area contributed by atoms with Crippen molar-refractivity contribution < 1.29 is 13.9 Å². The fourth-order valence-electron chi connectivity index (χ4n) is 7.71. The Kier molecular flexibility index (Phi) is 5.86. The molecule has 0 aromatic heterocycles. The van der Waals surface area contributed by atoms with E-state index in [-0.39, 0.29) is 18.0 Å². The molecule has 4 bridgehead atoms. The lowest BCUT2D eigenvalue weighted by molar-refractivity contribution is -0.118. The van der Waals surface area contributed by atoms with Crippen molar-refractivity contribution in [2.75, 3.05) is 7.11 Å². The van der Waals surface area contributed by atoms with Crippen LogP contribution < -0.4 is 14.8 Å². The first-order chi connectivity index (χ1) is 15.6. The first-order valence-corrected chi connectivity index (χ1v) is 12.5. The summed E-state index contributed by atoms with van der Waals surface area (Å²) in [4.78, 5) is 0. The minimum Gasteiger partial charge on any atom is -0.493 e. The Hall–Kier alpha value is -1.49. The largest absolute Gasteiger partial charge is 0.493 e. The van der Waals surface area contributed by atoms with Crippen LogP contribution in [0.5, 0.6) is 11.5 Å². The summed E-state index contributed by atoms with van der Waals surface area (Å²) in [6.45, 7) is 5.88. The van der Waals surface area contributed by atoms with Crippen molar-refractivity contribution in [3.63, 3.8) is 0 Å². The standard InChI is InChI=1S/C27H32Cl2FNO2/c1-25-9-17-10-26(2,14-25)16-27(11-17,15-25)31-12-19-6-23(32-3)24(8-22(19)29)33-13-18-4-5-20(30)7-21(18)28/h4-8,17,31H,9-16H2,1-3H3. The van der Waals surface area contributed by atoms with E-state index in [1.807, 2.05) is 6.07 Å². The smallest absolute Gasteiger partial charge is 0.163 e. The lowest BCUT2D eigenvalue weighted by atomic mass is 9.43. The van der Waals surface area contributed by atoms with Crippen LogP contribution in [0.3, 0.4) is 0 Å². The van der Waals surface area contributed by atoms with Crippen LogP contribution in [-0.4, -0.2) is 12.6 Å². The third-order valence-corrected chi connectivity index (χ3v) is 8.71. The highest BCUT2D eigenvalue weighted by molar-refractivity contribution is 6.31. The second-order valence-corrected chi connectivity index (χ2v) is 12.2. The third-order valence-electron chi connectivity index (χ3n) is 8.01. The first-order valence-electron chi connectivity index (χ1n) is 11.8. The molecule has 4 saturated carbocycles. The molecular formula is C27H32Cl2FNO2. The van der Waals surface area contributed by atoms with Crippen LogP contribution in [-0.2, 0) is 13.2 Å². The van der Waals surface area contributed by atoms with Gasteiger partial charge in [0.05, 0.1) is 12.1 Å². The summed E-state index contributed by atoms with van der Waals surface area (Å²) < 4.78 is 24.8. The Balaban J connectivity index is 1.31. The number of hydrogen-bond acceptors (Lipinski definition) is 3. The molecule has 4 fully saturated rings. The summed E-state index contributed by atoms with van der Waals surface area (Å²) in [5.41, 5.74) is 2.83. The molecule has 1 N–H and O–H groups in total. The van der Waals surface area contributed by atoms with Crippen LogP contribution in [0, 0.1) is 22.6 Å². The van der Waals surface area contributed by atoms with Crippen molar-refractivity contribution in [2.24, 2.45) is 16.7 Å². The number of nitrogens with one attached hydrogen (secondary N) is 1. The van der Waals surface area contributed by atoms with Gasteiger partial charge in [-0.1, -0.05) is 43.1 Å². The average Bonchev–Trinajstić information content (AvgIpc) is 2.69. The van der Waals surface area contributed by atoms with Gasteiger partial charge in [0, 0.05) is 28.7 Å². The predicted octanol–water partition coefficient (Wildman–Crippen LogP) is 7.56. The molecule has 0 heterocycles. The van der Waals surface area contributed by atoms with Gasteiger partial charge < -0.3 is 14.8 Å². The first kappa shape index (κ1) is 23.3. The molecule has 6 heteroatoms. The molecule has 0 aliphatic heterocycles. The molecule has 6 rings (SSSR count). The molecule has 2 aromatic rings. The van der Waals surface area contributed by atoms with Gasteiger partial charge in [-0.25, -0.2) is 4.39 Å². The molecule has 2 aromatic carbocycles. The number of rotatable bonds is 7. The summed E-state index contributed by atoms with van der Waals surface area (Å²) in [5.74, 6) is 1.63. The van der Waals surface area contributed by atoms with E-state index in [4.69, 9.17) is 32.7 Å². The van der Waals surface area contributed by atoms with Crippen LogP contribution in [0.15, 0.2) is 30.3 Å². The molecule has 0 saturated heterocycles. The fraction of sp³-hybridized carbons (Fsp3) is 0.556. The van der Waals surface area contributed by atoms with E-state index < -0.39 is 0 Å². The van der Waals surface area contributed by atoms with Gasteiger partial charge in [-0.2, -0.15) is 0 Å². The molecule has 4 aliphatic rings.